The molecule has 3 rings (SSSR count). The van der Waals surface area contributed by atoms with E-state index in [-0.39, 0.29) is 23.8 Å². The zero-order valence-electron chi connectivity index (χ0n) is 13.9. The van der Waals surface area contributed by atoms with Gasteiger partial charge in [-0.3, -0.25) is 9.59 Å². The van der Waals surface area contributed by atoms with E-state index in [4.69, 9.17) is 14.2 Å². The highest BCUT2D eigenvalue weighted by molar-refractivity contribution is 5.94. The van der Waals surface area contributed by atoms with Crippen LogP contribution in [0.4, 0.5) is 5.69 Å². The normalized spacial score (nSPS) is 23.1. The number of likely N-dealkylation sites (N-methyl/N-ethyl adjacent to an activating group) is 1. The van der Waals surface area contributed by atoms with Gasteiger partial charge in [-0.25, -0.2) is 0 Å². The van der Waals surface area contributed by atoms with Gasteiger partial charge < -0.3 is 24.4 Å². The fourth-order valence-corrected chi connectivity index (χ4v) is 3.16. The number of hydrogen-bond donors (Lipinski definition) is 1. The minimum Gasteiger partial charge on any atom is -0.486 e. The molecule has 24 heavy (non-hydrogen) atoms. The van der Waals surface area contributed by atoms with Crippen molar-refractivity contribution >= 4 is 17.5 Å². The van der Waals surface area contributed by atoms with Gasteiger partial charge in [0, 0.05) is 32.3 Å². The van der Waals surface area contributed by atoms with Crippen molar-refractivity contribution in [2.75, 3.05) is 39.3 Å². The van der Waals surface area contributed by atoms with E-state index in [0.717, 1.165) is 0 Å². The van der Waals surface area contributed by atoms with Gasteiger partial charge in [0.2, 0.25) is 11.8 Å². The fraction of sp³-hybridized carbons (Fsp3) is 0.529. The van der Waals surface area contributed by atoms with Gasteiger partial charge in [0.1, 0.15) is 13.2 Å². The molecular formula is C17H22N2O5. The lowest BCUT2D eigenvalue weighted by Gasteiger charge is -2.37. The second kappa shape index (κ2) is 7.09. The van der Waals surface area contributed by atoms with Crippen LogP contribution < -0.4 is 14.8 Å². The molecule has 0 saturated carbocycles. The van der Waals surface area contributed by atoms with Gasteiger partial charge in [0.15, 0.2) is 11.5 Å². The topological polar surface area (TPSA) is 77.1 Å². The smallest absolute Gasteiger partial charge is 0.229 e. The van der Waals surface area contributed by atoms with E-state index in [1.807, 2.05) is 0 Å². The van der Waals surface area contributed by atoms with Crippen LogP contribution in [0.2, 0.25) is 0 Å². The second-order valence-corrected chi connectivity index (χ2v) is 6.02. The molecule has 2 heterocycles. The molecule has 2 aliphatic heterocycles. The highest BCUT2D eigenvalue weighted by Crippen LogP contribution is 2.33. The number of piperidine rings is 1. The Bertz CT molecular complexity index is 633. The molecule has 7 heteroatoms. The summed E-state index contributed by atoms with van der Waals surface area (Å²) in [4.78, 5) is 26.2. The number of carbonyl (C=O) groups excluding carboxylic acids is 2. The second-order valence-electron chi connectivity index (χ2n) is 6.02. The quantitative estimate of drug-likeness (QED) is 0.897. The van der Waals surface area contributed by atoms with Crippen LogP contribution in [0, 0.1) is 5.92 Å². The molecule has 0 aromatic heterocycles. The van der Waals surface area contributed by atoms with Crippen LogP contribution in [0.5, 0.6) is 11.5 Å². The van der Waals surface area contributed by atoms with Crippen LogP contribution in [-0.2, 0) is 14.3 Å². The van der Waals surface area contributed by atoms with Gasteiger partial charge >= 0.3 is 0 Å². The molecular weight excluding hydrogens is 312 g/mol. The number of nitrogens with zero attached hydrogens (tertiary/aromatic N) is 1. The Morgan fingerprint density at radius 2 is 2.08 bits per heavy atom. The average molecular weight is 334 g/mol. The average Bonchev–Trinajstić information content (AvgIpc) is 2.59. The van der Waals surface area contributed by atoms with Crippen molar-refractivity contribution in [2.45, 2.75) is 18.9 Å². The Morgan fingerprint density at radius 3 is 2.83 bits per heavy atom. The van der Waals surface area contributed by atoms with E-state index in [0.29, 0.717) is 49.8 Å². The summed E-state index contributed by atoms with van der Waals surface area (Å²) < 4.78 is 16.2. The van der Waals surface area contributed by atoms with Crippen molar-refractivity contribution in [3.8, 4) is 11.5 Å². The van der Waals surface area contributed by atoms with Crippen LogP contribution in [-0.4, -0.2) is 56.7 Å². The largest absolute Gasteiger partial charge is 0.486 e. The molecule has 7 nitrogen and oxygen atoms in total. The molecule has 1 fully saturated rings. The van der Waals surface area contributed by atoms with E-state index in [2.05, 4.69) is 5.32 Å². The number of fused-ring (bicyclic) bond motifs is 1. The first-order valence-electron chi connectivity index (χ1n) is 8.05. The summed E-state index contributed by atoms with van der Waals surface area (Å²) in [6.07, 6.45) is 0.892. The molecule has 1 aromatic rings. The Hall–Kier alpha value is -2.28. The van der Waals surface area contributed by atoms with Gasteiger partial charge in [-0.05, 0) is 18.6 Å². The van der Waals surface area contributed by atoms with Crippen molar-refractivity contribution in [1.29, 1.82) is 0 Å². The van der Waals surface area contributed by atoms with Crippen molar-refractivity contribution in [2.24, 2.45) is 5.92 Å². The number of hydrogen-bond acceptors (Lipinski definition) is 5. The third-order valence-electron chi connectivity index (χ3n) is 4.51. The van der Waals surface area contributed by atoms with Crippen molar-refractivity contribution < 1.29 is 23.8 Å². The molecule has 0 spiro atoms. The van der Waals surface area contributed by atoms with Crippen molar-refractivity contribution in [1.82, 2.24) is 4.90 Å². The molecule has 1 N–H and O–H groups in total. The number of methoxy groups -OCH3 is 1. The standard InChI is InChI=1S/C17H22N2O5/c1-19-13(10-22-2)12(4-6-16(19)20)17(21)18-11-3-5-14-15(9-11)24-8-7-23-14/h3,5,9,12-13H,4,6-8,10H2,1-2H3,(H,18,21)/t12-,13-/m1/s1. The summed E-state index contributed by atoms with van der Waals surface area (Å²) in [6.45, 7) is 1.36. The summed E-state index contributed by atoms with van der Waals surface area (Å²) in [6, 6.07) is 5.07. The number of benzene rings is 1. The summed E-state index contributed by atoms with van der Waals surface area (Å²) in [7, 11) is 3.29. The van der Waals surface area contributed by atoms with E-state index in [9.17, 15) is 9.59 Å². The van der Waals surface area contributed by atoms with E-state index in [1.165, 1.54) is 0 Å². The van der Waals surface area contributed by atoms with Gasteiger partial charge in [0.25, 0.3) is 0 Å². The third-order valence-corrected chi connectivity index (χ3v) is 4.51. The fourth-order valence-electron chi connectivity index (χ4n) is 3.16. The van der Waals surface area contributed by atoms with Crippen LogP contribution in [0.3, 0.4) is 0 Å². The van der Waals surface area contributed by atoms with Gasteiger partial charge in [-0.2, -0.15) is 0 Å². The summed E-state index contributed by atoms with van der Waals surface area (Å²) >= 11 is 0. The first-order valence-corrected chi connectivity index (χ1v) is 8.05. The minimum atomic E-state index is -0.305. The molecule has 130 valence electrons. The summed E-state index contributed by atoms with van der Waals surface area (Å²) in [5.41, 5.74) is 0.653. The molecule has 0 unspecified atom stereocenters. The Kier molecular flexibility index (Phi) is 4.89. The zero-order valence-corrected chi connectivity index (χ0v) is 13.9. The van der Waals surface area contributed by atoms with E-state index in [1.54, 1.807) is 37.3 Å². The number of anilines is 1. The Labute approximate surface area is 140 Å². The van der Waals surface area contributed by atoms with Crippen LogP contribution >= 0.6 is 0 Å². The summed E-state index contributed by atoms with van der Waals surface area (Å²) in [5.74, 6) is 0.928. The number of carbonyl (C=O) groups is 2. The van der Waals surface area contributed by atoms with Gasteiger partial charge in [0.05, 0.1) is 18.6 Å². The van der Waals surface area contributed by atoms with Crippen LogP contribution in [0.25, 0.3) is 0 Å². The summed E-state index contributed by atoms with van der Waals surface area (Å²) in [5, 5.41) is 2.92. The lowest BCUT2D eigenvalue weighted by molar-refractivity contribution is -0.141. The molecule has 2 atom stereocenters. The first-order chi connectivity index (χ1) is 11.6. The first kappa shape index (κ1) is 16.6. The lowest BCUT2D eigenvalue weighted by Crippen LogP contribution is -2.52. The number of likely N-dealkylation sites (tertiary alicyclic amines) is 1. The zero-order chi connectivity index (χ0) is 17.1. The van der Waals surface area contributed by atoms with Crippen LogP contribution in [0.15, 0.2) is 18.2 Å². The number of rotatable bonds is 4. The number of nitrogens with one attached hydrogen (secondary N) is 1. The molecule has 0 radical (unpaired) electrons. The van der Waals surface area contributed by atoms with Crippen molar-refractivity contribution in [3.63, 3.8) is 0 Å². The van der Waals surface area contributed by atoms with Gasteiger partial charge in [-0.15, -0.1) is 0 Å². The van der Waals surface area contributed by atoms with Gasteiger partial charge in [-0.1, -0.05) is 0 Å². The Morgan fingerprint density at radius 1 is 1.33 bits per heavy atom. The monoisotopic (exact) mass is 334 g/mol. The molecule has 1 aromatic carbocycles. The predicted octanol–water partition coefficient (Wildman–Crippen LogP) is 1.28. The maximum Gasteiger partial charge on any atom is 0.229 e. The molecule has 0 bridgehead atoms. The maximum atomic E-state index is 12.7. The van der Waals surface area contributed by atoms with E-state index >= 15 is 0 Å². The molecule has 1 saturated heterocycles. The third kappa shape index (κ3) is 3.31. The molecule has 2 amide bonds. The van der Waals surface area contributed by atoms with Crippen molar-refractivity contribution in [3.05, 3.63) is 18.2 Å². The molecule has 2 aliphatic rings. The Balaban J connectivity index is 1.72. The number of amides is 2. The van der Waals surface area contributed by atoms with E-state index < -0.39 is 0 Å². The molecule has 0 aliphatic carbocycles. The predicted molar refractivity (Wildman–Crippen MR) is 87.2 cm³/mol. The number of ether oxygens (including phenoxy) is 3. The minimum absolute atomic E-state index is 0.0421. The highest BCUT2D eigenvalue weighted by Gasteiger charge is 2.37. The maximum absolute atomic E-state index is 12.7. The highest BCUT2D eigenvalue weighted by atomic mass is 16.6. The SMILES string of the molecule is COC[C@@H]1[C@H](C(=O)Nc2ccc3c(c2)OCCO3)CCC(=O)N1C. The lowest BCUT2D eigenvalue weighted by atomic mass is 9.88. The van der Waals surface area contributed by atoms with Crippen LogP contribution in [0.1, 0.15) is 12.8 Å².